The van der Waals surface area contributed by atoms with Crippen molar-refractivity contribution < 1.29 is 4.79 Å². The molecule has 3 rings (SSSR count). The molecule has 4 nitrogen and oxygen atoms in total. The standard InChI is InChI=1S/C17H16Cl3N3O/c18-12-5-4-11(10-14(12)20)17(24)23-8-6-22(7-9-23)16-13(19)2-1-3-15(16)21/h1-5,10H,6-9,21H2. The highest BCUT2D eigenvalue weighted by atomic mass is 35.5. The highest BCUT2D eigenvalue weighted by molar-refractivity contribution is 6.42. The third kappa shape index (κ3) is 3.41. The monoisotopic (exact) mass is 383 g/mol. The Morgan fingerprint density at radius 1 is 0.917 bits per heavy atom. The van der Waals surface area contributed by atoms with Crippen LogP contribution in [0.5, 0.6) is 0 Å². The number of carbonyl (C=O) groups is 1. The molecule has 7 heteroatoms. The molecule has 2 N–H and O–H groups in total. The fourth-order valence-electron chi connectivity index (χ4n) is 2.81. The van der Waals surface area contributed by atoms with Crippen LogP contribution in [0.2, 0.25) is 15.1 Å². The zero-order valence-electron chi connectivity index (χ0n) is 12.8. The first-order valence-electron chi connectivity index (χ1n) is 7.50. The van der Waals surface area contributed by atoms with Crippen molar-refractivity contribution in [2.75, 3.05) is 36.8 Å². The average molecular weight is 385 g/mol. The smallest absolute Gasteiger partial charge is 0.254 e. The van der Waals surface area contributed by atoms with E-state index in [0.29, 0.717) is 52.5 Å². The fourth-order valence-corrected chi connectivity index (χ4v) is 3.41. The molecule has 2 aromatic rings. The van der Waals surface area contributed by atoms with Crippen LogP contribution in [0.1, 0.15) is 10.4 Å². The number of hydrogen-bond donors (Lipinski definition) is 1. The maximum absolute atomic E-state index is 12.6. The van der Waals surface area contributed by atoms with Crippen LogP contribution < -0.4 is 10.6 Å². The summed E-state index contributed by atoms with van der Waals surface area (Å²) >= 11 is 18.2. The van der Waals surface area contributed by atoms with Gasteiger partial charge in [-0.3, -0.25) is 4.79 Å². The van der Waals surface area contributed by atoms with E-state index in [4.69, 9.17) is 40.5 Å². The van der Waals surface area contributed by atoms with Gasteiger partial charge >= 0.3 is 0 Å². The minimum Gasteiger partial charge on any atom is -0.397 e. The van der Waals surface area contributed by atoms with Gasteiger partial charge in [-0.1, -0.05) is 40.9 Å². The number of benzene rings is 2. The summed E-state index contributed by atoms with van der Waals surface area (Å²) < 4.78 is 0. The van der Waals surface area contributed by atoms with Gasteiger partial charge in [-0.25, -0.2) is 0 Å². The number of piperazine rings is 1. The predicted octanol–water partition coefficient (Wildman–Crippen LogP) is 4.19. The van der Waals surface area contributed by atoms with E-state index in [1.807, 2.05) is 18.2 Å². The average Bonchev–Trinajstić information content (AvgIpc) is 2.57. The van der Waals surface area contributed by atoms with Crippen LogP contribution in [0.4, 0.5) is 11.4 Å². The van der Waals surface area contributed by atoms with Crippen LogP contribution in [0, 0.1) is 0 Å². The Labute approximate surface area is 155 Å². The fraction of sp³-hybridized carbons (Fsp3) is 0.235. The molecule has 2 aromatic carbocycles. The van der Waals surface area contributed by atoms with E-state index in [9.17, 15) is 4.79 Å². The molecule has 1 aliphatic rings. The van der Waals surface area contributed by atoms with Crippen LogP contribution in [0.3, 0.4) is 0 Å². The summed E-state index contributed by atoms with van der Waals surface area (Å²) in [7, 11) is 0. The third-order valence-electron chi connectivity index (χ3n) is 4.07. The van der Waals surface area contributed by atoms with Crippen LogP contribution in [-0.2, 0) is 0 Å². The minimum atomic E-state index is -0.0552. The Hall–Kier alpha value is -1.62. The lowest BCUT2D eigenvalue weighted by Crippen LogP contribution is -2.49. The number of nitrogens with zero attached hydrogens (tertiary/aromatic N) is 2. The second-order valence-corrected chi connectivity index (χ2v) is 6.81. The highest BCUT2D eigenvalue weighted by Crippen LogP contribution is 2.32. The van der Waals surface area contributed by atoms with E-state index in [-0.39, 0.29) is 5.91 Å². The summed E-state index contributed by atoms with van der Waals surface area (Å²) in [5, 5.41) is 1.44. The Kier molecular flexibility index (Phi) is 5.09. The molecule has 1 heterocycles. The molecule has 0 aromatic heterocycles. The molecule has 0 saturated carbocycles. The summed E-state index contributed by atoms with van der Waals surface area (Å²) in [4.78, 5) is 16.5. The first kappa shape index (κ1) is 17.2. The second kappa shape index (κ2) is 7.09. The summed E-state index contributed by atoms with van der Waals surface area (Å²) in [6.45, 7) is 2.51. The number of rotatable bonds is 2. The number of para-hydroxylation sites is 1. The summed E-state index contributed by atoms with van der Waals surface area (Å²) in [5.74, 6) is -0.0552. The normalized spacial score (nSPS) is 14.8. The van der Waals surface area contributed by atoms with Crippen LogP contribution >= 0.6 is 34.8 Å². The number of hydrogen-bond acceptors (Lipinski definition) is 3. The number of carbonyl (C=O) groups excluding carboxylic acids is 1. The minimum absolute atomic E-state index is 0.0552. The summed E-state index contributed by atoms with van der Waals surface area (Å²) in [6.07, 6.45) is 0. The number of anilines is 2. The van der Waals surface area contributed by atoms with Gasteiger partial charge in [-0.15, -0.1) is 0 Å². The Bertz CT molecular complexity index is 753. The van der Waals surface area contributed by atoms with Crippen molar-refractivity contribution in [3.05, 3.63) is 57.0 Å². The first-order valence-corrected chi connectivity index (χ1v) is 8.64. The van der Waals surface area contributed by atoms with Crippen molar-refractivity contribution in [1.82, 2.24) is 4.90 Å². The molecule has 1 aliphatic heterocycles. The van der Waals surface area contributed by atoms with E-state index >= 15 is 0 Å². The zero-order valence-corrected chi connectivity index (χ0v) is 15.1. The lowest BCUT2D eigenvalue weighted by Gasteiger charge is -2.37. The quantitative estimate of drug-likeness (QED) is 0.790. The molecule has 0 atom stereocenters. The summed E-state index contributed by atoms with van der Waals surface area (Å²) in [6, 6.07) is 10.4. The van der Waals surface area contributed by atoms with Gasteiger partial charge in [0.1, 0.15) is 0 Å². The van der Waals surface area contributed by atoms with Crippen molar-refractivity contribution in [3.63, 3.8) is 0 Å². The largest absolute Gasteiger partial charge is 0.397 e. The van der Waals surface area contributed by atoms with E-state index < -0.39 is 0 Å². The van der Waals surface area contributed by atoms with E-state index in [1.54, 1.807) is 23.1 Å². The van der Waals surface area contributed by atoms with Crippen molar-refractivity contribution in [1.29, 1.82) is 0 Å². The molecule has 0 unspecified atom stereocenters. The van der Waals surface area contributed by atoms with Gasteiger partial charge in [0.05, 0.1) is 26.4 Å². The summed E-state index contributed by atoms with van der Waals surface area (Å²) in [5.41, 5.74) is 8.05. The molecule has 1 fully saturated rings. The molecule has 0 spiro atoms. The number of nitrogen functional groups attached to an aromatic ring is 1. The SMILES string of the molecule is Nc1cccc(Cl)c1N1CCN(C(=O)c2ccc(Cl)c(Cl)c2)CC1. The van der Waals surface area contributed by atoms with Gasteiger partial charge in [0.2, 0.25) is 0 Å². The molecule has 24 heavy (non-hydrogen) atoms. The lowest BCUT2D eigenvalue weighted by molar-refractivity contribution is 0.0747. The molecule has 0 aliphatic carbocycles. The number of amides is 1. The molecular weight excluding hydrogens is 369 g/mol. The lowest BCUT2D eigenvalue weighted by atomic mass is 10.1. The Morgan fingerprint density at radius 3 is 2.25 bits per heavy atom. The van der Waals surface area contributed by atoms with Gasteiger partial charge in [0.25, 0.3) is 5.91 Å². The molecule has 0 bridgehead atoms. The Morgan fingerprint density at radius 2 is 1.62 bits per heavy atom. The van der Waals surface area contributed by atoms with Gasteiger partial charge < -0.3 is 15.5 Å². The number of nitrogens with two attached hydrogens (primary N) is 1. The molecule has 0 radical (unpaired) electrons. The van der Waals surface area contributed by atoms with E-state index in [0.717, 1.165) is 5.69 Å². The highest BCUT2D eigenvalue weighted by Gasteiger charge is 2.24. The topological polar surface area (TPSA) is 49.6 Å². The zero-order chi connectivity index (χ0) is 17.3. The second-order valence-electron chi connectivity index (χ2n) is 5.59. The van der Waals surface area contributed by atoms with Gasteiger partial charge in [0.15, 0.2) is 0 Å². The first-order chi connectivity index (χ1) is 11.5. The van der Waals surface area contributed by atoms with Crippen molar-refractivity contribution in [2.24, 2.45) is 0 Å². The maximum atomic E-state index is 12.6. The van der Waals surface area contributed by atoms with Crippen LogP contribution in [0.15, 0.2) is 36.4 Å². The molecular formula is C17H16Cl3N3O. The molecule has 1 saturated heterocycles. The van der Waals surface area contributed by atoms with Crippen LogP contribution in [0.25, 0.3) is 0 Å². The van der Waals surface area contributed by atoms with E-state index in [2.05, 4.69) is 4.90 Å². The van der Waals surface area contributed by atoms with Gasteiger partial charge in [-0.2, -0.15) is 0 Å². The number of halogens is 3. The van der Waals surface area contributed by atoms with Crippen molar-refractivity contribution in [2.45, 2.75) is 0 Å². The third-order valence-corrected chi connectivity index (χ3v) is 5.11. The van der Waals surface area contributed by atoms with E-state index in [1.165, 1.54) is 0 Å². The van der Waals surface area contributed by atoms with Gasteiger partial charge in [0, 0.05) is 31.7 Å². The van der Waals surface area contributed by atoms with Gasteiger partial charge in [-0.05, 0) is 30.3 Å². The Balaban J connectivity index is 1.70. The van der Waals surface area contributed by atoms with Crippen LogP contribution in [-0.4, -0.2) is 37.0 Å². The maximum Gasteiger partial charge on any atom is 0.254 e. The predicted molar refractivity (Wildman–Crippen MR) is 100 cm³/mol. The molecule has 126 valence electrons. The van der Waals surface area contributed by atoms with Crippen molar-refractivity contribution in [3.8, 4) is 0 Å². The molecule has 1 amide bonds. The van der Waals surface area contributed by atoms with Crippen molar-refractivity contribution >= 4 is 52.1 Å².